The van der Waals surface area contributed by atoms with Gasteiger partial charge in [-0.05, 0) is 75.7 Å². The molecule has 1 fully saturated rings. The third-order valence-electron chi connectivity index (χ3n) is 8.67. The number of aliphatic imine (C=N–C) groups is 1. The van der Waals surface area contributed by atoms with Crippen molar-refractivity contribution in [2.75, 3.05) is 13.2 Å². The number of benzene rings is 5. The molecule has 4 heteroatoms. The third kappa shape index (κ3) is 15.8. The summed E-state index contributed by atoms with van der Waals surface area (Å²) in [5, 5.41) is 5.32. The van der Waals surface area contributed by atoms with E-state index in [-0.39, 0.29) is 35.6 Å². The van der Waals surface area contributed by atoms with Crippen molar-refractivity contribution in [2.45, 2.75) is 91.9 Å². The molecule has 1 saturated heterocycles. The molecule has 0 aromatic heterocycles. The van der Waals surface area contributed by atoms with Crippen molar-refractivity contribution >= 4 is 17.2 Å². The van der Waals surface area contributed by atoms with E-state index >= 15 is 0 Å². The molecule has 0 atom stereocenters. The molecular formula is C49H61LaN2O. The minimum atomic E-state index is 0. The maximum atomic E-state index is 5.32. The molecule has 0 saturated carbocycles. The normalized spacial score (nSPS) is 12.2. The number of nitrogens with zero attached hydrogens (tertiary/aromatic N) is 2. The predicted octanol–water partition coefficient (Wildman–Crippen LogP) is 14.5. The molecule has 3 nitrogen and oxygen atoms in total. The first-order valence-electron chi connectivity index (χ1n) is 18.9. The van der Waals surface area contributed by atoms with Crippen molar-refractivity contribution in [2.24, 2.45) is 4.99 Å². The molecule has 0 aliphatic carbocycles. The summed E-state index contributed by atoms with van der Waals surface area (Å²) in [4.78, 5) is 5.32. The summed E-state index contributed by atoms with van der Waals surface area (Å²) < 4.78 is 4.94. The van der Waals surface area contributed by atoms with Crippen molar-refractivity contribution in [3.8, 4) is 0 Å². The van der Waals surface area contributed by atoms with E-state index in [1.54, 1.807) is 0 Å². The second kappa shape index (κ2) is 24.7. The van der Waals surface area contributed by atoms with Crippen LogP contribution in [0.4, 0.5) is 11.4 Å². The van der Waals surface area contributed by atoms with Gasteiger partial charge in [0.1, 0.15) is 0 Å². The first kappa shape index (κ1) is 45.6. The number of rotatable bonds is 7. The van der Waals surface area contributed by atoms with Gasteiger partial charge in [0.15, 0.2) is 0 Å². The van der Waals surface area contributed by atoms with E-state index in [2.05, 4.69) is 130 Å². The molecule has 0 spiro atoms. The number of para-hydroxylation sites is 2. The molecule has 0 bridgehead atoms. The molecule has 5 aromatic rings. The molecule has 0 radical (unpaired) electrons. The van der Waals surface area contributed by atoms with Crippen LogP contribution in [-0.4, -0.2) is 19.0 Å². The molecule has 276 valence electrons. The standard InChI is InChI=1S/C31H39N2.2C7H7.C4H8O.La/c1-20(2)25-16-12-17-26(21(3)4)29(25)32-31(24-14-10-9-11-15-24)33-30-27(22(5)6)18-13-19-28(30)23(7)8;2*1-7-5-3-2-4-6-7;1-2-4-5-3-1;/h9-23H,1-8H3;2*2-6H,1H2;1-4H2;/q3*-1;;+3. The van der Waals surface area contributed by atoms with Crippen molar-refractivity contribution < 1.29 is 40.3 Å². The van der Waals surface area contributed by atoms with Crippen molar-refractivity contribution in [3.05, 3.63) is 186 Å². The predicted molar refractivity (Wildman–Crippen MR) is 227 cm³/mol. The Kier molecular flexibility index (Phi) is 21.3. The Balaban J connectivity index is 0.000000389. The van der Waals surface area contributed by atoms with Crippen LogP contribution in [0.5, 0.6) is 0 Å². The summed E-state index contributed by atoms with van der Waals surface area (Å²) in [5.74, 6) is 2.31. The average Bonchev–Trinajstić information content (AvgIpc) is 3.73. The first-order valence-corrected chi connectivity index (χ1v) is 18.9. The minimum absolute atomic E-state index is 0. The topological polar surface area (TPSA) is 35.7 Å². The molecule has 0 N–H and O–H groups in total. The van der Waals surface area contributed by atoms with Crippen LogP contribution in [0.15, 0.2) is 132 Å². The minimum Gasteiger partial charge on any atom is -0.435 e. The van der Waals surface area contributed by atoms with Crippen LogP contribution in [0.2, 0.25) is 0 Å². The van der Waals surface area contributed by atoms with Crippen molar-refractivity contribution in [1.29, 1.82) is 0 Å². The summed E-state index contributed by atoms with van der Waals surface area (Å²) in [5.41, 5.74) is 10.4. The van der Waals surface area contributed by atoms with E-state index in [0.717, 1.165) is 47.1 Å². The maximum Gasteiger partial charge on any atom is 3.00 e. The van der Waals surface area contributed by atoms with E-state index < -0.39 is 0 Å². The van der Waals surface area contributed by atoms with Gasteiger partial charge >= 0.3 is 35.6 Å². The fourth-order valence-electron chi connectivity index (χ4n) is 5.70. The first-order chi connectivity index (χ1) is 25.0. The van der Waals surface area contributed by atoms with Crippen LogP contribution >= 0.6 is 0 Å². The zero-order chi connectivity index (χ0) is 37.9. The molecule has 1 heterocycles. The van der Waals surface area contributed by atoms with Gasteiger partial charge in [0, 0.05) is 13.2 Å². The van der Waals surface area contributed by atoms with E-state index in [1.807, 2.05) is 66.7 Å². The van der Waals surface area contributed by atoms with E-state index in [0.29, 0.717) is 23.7 Å². The molecule has 0 amide bonds. The zero-order valence-electron chi connectivity index (χ0n) is 33.6. The zero-order valence-corrected chi connectivity index (χ0v) is 37.2. The smallest absolute Gasteiger partial charge is 0.435 e. The maximum absolute atomic E-state index is 5.32. The number of ether oxygens (including phenoxy) is 1. The van der Waals surface area contributed by atoms with Gasteiger partial charge in [0.25, 0.3) is 0 Å². The fourth-order valence-corrected chi connectivity index (χ4v) is 5.70. The van der Waals surface area contributed by atoms with E-state index in [9.17, 15) is 0 Å². The SMILES string of the molecule is C1CCOC1.CC(C)c1cccc(C(C)C)c1N=C([N-]c1c(C(C)C)cccc1C(C)C)c1ccccc1.[CH2-]c1ccccc1.[CH2-]c1ccccc1.[La+3]. The Labute approximate surface area is 350 Å². The van der Waals surface area contributed by atoms with Gasteiger partial charge in [-0.3, -0.25) is 0 Å². The van der Waals surface area contributed by atoms with Gasteiger partial charge in [-0.15, -0.1) is 24.3 Å². The van der Waals surface area contributed by atoms with Gasteiger partial charge in [-0.2, -0.15) is 49.2 Å². The van der Waals surface area contributed by atoms with Crippen LogP contribution in [0.25, 0.3) is 5.32 Å². The number of hydrogen-bond donors (Lipinski definition) is 0. The summed E-state index contributed by atoms with van der Waals surface area (Å²) in [6, 6.07) is 43.3. The monoisotopic (exact) mass is 832 g/mol. The second-order valence-electron chi connectivity index (χ2n) is 14.4. The quantitative estimate of drug-likeness (QED) is 0.0914. The summed E-state index contributed by atoms with van der Waals surface area (Å²) in [6.45, 7) is 27.4. The van der Waals surface area contributed by atoms with Crippen LogP contribution in [0, 0.1) is 49.4 Å². The van der Waals surface area contributed by atoms with Gasteiger partial charge < -0.3 is 15.0 Å². The van der Waals surface area contributed by atoms with Crippen molar-refractivity contribution in [3.63, 3.8) is 0 Å². The molecule has 6 rings (SSSR count). The Morgan fingerprint density at radius 1 is 0.509 bits per heavy atom. The molecule has 0 unspecified atom stereocenters. The molecule has 1 aliphatic rings. The van der Waals surface area contributed by atoms with Crippen LogP contribution < -0.4 is 0 Å². The summed E-state index contributed by atoms with van der Waals surface area (Å²) >= 11 is 0. The molecular weight excluding hydrogens is 771 g/mol. The van der Waals surface area contributed by atoms with Gasteiger partial charge in [-0.25, -0.2) is 0 Å². The fraction of sp³-hybridized carbons (Fsp3) is 0.327. The molecule has 1 aliphatic heterocycles. The molecule has 53 heavy (non-hydrogen) atoms. The van der Waals surface area contributed by atoms with Gasteiger partial charge in [0.05, 0.1) is 0 Å². The Hall–Kier alpha value is -3.54. The van der Waals surface area contributed by atoms with Gasteiger partial charge in [0.2, 0.25) is 0 Å². The van der Waals surface area contributed by atoms with Crippen LogP contribution in [-0.2, 0) is 4.74 Å². The van der Waals surface area contributed by atoms with E-state index in [1.165, 1.54) is 35.1 Å². The Morgan fingerprint density at radius 3 is 1.17 bits per heavy atom. The van der Waals surface area contributed by atoms with Gasteiger partial charge in [-0.1, -0.05) is 140 Å². The molecule has 5 aromatic carbocycles. The third-order valence-corrected chi connectivity index (χ3v) is 8.67. The summed E-state index contributed by atoms with van der Waals surface area (Å²) in [6.07, 6.45) is 2.56. The average molecular weight is 833 g/mol. The second-order valence-corrected chi connectivity index (χ2v) is 14.4. The summed E-state index contributed by atoms with van der Waals surface area (Å²) in [7, 11) is 0. The van der Waals surface area contributed by atoms with Crippen LogP contribution in [0.3, 0.4) is 0 Å². The Bertz CT molecular complexity index is 1640. The van der Waals surface area contributed by atoms with E-state index in [4.69, 9.17) is 15.0 Å². The van der Waals surface area contributed by atoms with Crippen molar-refractivity contribution in [1.82, 2.24) is 0 Å². The largest absolute Gasteiger partial charge is 3.00 e. The number of amidine groups is 1. The number of hydrogen-bond acceptors (Lipinski definition) is 2. The van der Waals surface area contributed by atoms with Crippen LogP contribution in [0.1, 0.15) is 131 Å². The Morgan fingerprint density at radius 2 is 0.868 bits per heavy atom.